The zero-order valence-electron chi connectivity index (χ0n) is 8.75. The Hall–Kier alpha value is -1.60. The summed E-state index contributed by atoms with van der Waals surface area (Å²) in [4.78, 5) is 11.3. The normalized spacial score (nSPS) is 11.4. The summed E-state index contributed by atoms with van der Waals surface area (Å²) in [6.07, 6.45) is 0. The fraction of sp³-hybridized carbons (Fsp3) is 0.0714. The van der Waals surface area contributed by atoms with Crippen LogP contribution in [0.3, 0.4) is 0 Å². The molecule has 0 saturated heterocycles. The van der Waals surface area contributed by atoms with Gasteiger partial charge >= 0.3 is 0 Å². The third-order valence-corrected chi connectivity index (χ3v) is 3.22. The largest absolute Gasteiger partial charge is 0.295 e. The van der Waals surface area contributed by atoms with Crippen LogP contribution in [0, 0.1) is 0 Å². The molecule has 0 atom stereocenters. The minimum absolute atomic E-state index is 0.0956. The molecular weight excluding hydrogens is 220 g/mol. The second-order valence-electron chi connectivity index (χ2n) is 4.01. The van der Waals surface area contributed by atoms with E-state index in [9.17, 15) is 4.79 Å². The van der Waals surface area contributed by atoms with Gasteiger partial charge in [-0.05, 0) is 47.4 Å². The van der Waals surface area contributed by atoms with Crippen LogP contribution in [0.15, 0.2) is 36.4 Å². The molecule has 0 spiro atoms. The lowest BCUT2D eigenvalue weighted by molar-refractivity contribution is 0.101. The van der Waals surface area contributed by atoms with Crippen molar-refractivity contribution in [1.29, 1.82) is 0 Å². The molecule has 0 radical (unpaired) electrons. The summed E-state index contributed by atoms with van der Waals surface area (Å²) in [5.41, 5.74) is 5.45. The Morgan fingerprint density at radius 2 is 1.56 bits per heavy atom. The highest BCUT2D eigenvalue weighted by molar-refractivity contribution is 6.31. The maximum atomic E-state index is 11.3. The number of halogens is 1. The number of hydrogen-bond donors (Lipinski definition) is 0. The van der Waals surface area contributed by atoms with Crippen molar-refractivity contribution in [3.63, 3.8) is 0 Å². The van der Waals surface area contributed by atoms with E-state index in [1.54, 1.807) is 6.92 Å². The Bertz CT molecular complexity index is 614. The molecule has 0 aromatic heterocycles. The van der Waals surface area contributed by atoms with Crippen LogP contribution in [-0.2, 0) is 0 Å². The molecule has 1 nitrogen and oxygen atoms in total. The Morgan fingerprint density at radius 3 is 2.25 bits per heavy atom. The van der Waals surface area contributed by atoms with Crippen molar-refractivity contribution in [2.45, 2.75) is 6.92 Å². The number of benzene rings is 2. The van der Waals surface area contributed by atoms with Crippen LogP contribution in [0.25, 0.3) is 22.3 Å². The quantitative estimate of drug-likeness (QED) is 0.571. The SMILES string of the molecule is CC(=O)c1ccc2c(c1)-c1cc(Cl)ccc1-2. The van der Waals surface area contributed by atoms with Crippen molar-refractivity contribution in [3.8, 4) is 22.3 Å². The smallest absolute Gasteiger partial charge is 0.159 e. The molecule has 0 aliphatic heterocycles. The number of fused-ring (bicyclic) bond motifs is 4. The standard InChI is InChI=1S/C14H9ClO/c1-8(16)9-2-4-11-12-5-3-10(15)7-14(12)13(11)6-9/h2-7H,1H3. The van der Waals surface area contributed by atoms with Crippen LogP contribution in [0.4, 0.5) is 0 Å². The van der Waals surface area contributed by atoms with Gasteiger partial charge in [-0.1, -0.05) is 29.8 Å². The van der Waals surface area contributed by atoms with Gasteiger partial charge in [0.15, 0.2) is 5.78 Å². The van der Waals surface area contributed by atoms with Crippen molar-refractivity contribution in [2.75, 3.05) is 0 Å². The van der Waals surface area contributed by atoms with Crippen molar-refractivity contribution in [1.82, 2.24) is 0 Å². The van der Waals surface area contributed by atoms with Crippen LogP contribution in [-0.4, -0.2) is 5.78 Å². The summed E-state index contributed by atoms with van der Waals surface area (Å²) < 4.78 is 0. The van der Waals surface area contributed by atoms with Crippen LogP contribution < -0.4 is 0 Å². The van der Waals surface area contributed by atoms with Gasteiger partial charge in [-0.25, -0.2) is 0 Å². The first-order chi connectivity index (χ1) is 7.66. The van der Waals surface area contributed by atoms with E-state index >= 15 is 0 Å². The molecule has 16 heavy (non-hydrogen) atoms. The average molecular weight is 229 g/mol. The molecule has 0 amide bonds. The topological polar surface area (TPSA) is 17.1 Å². The third-order valence-electron chi connectivity index (χ3n) is 2.99. The van der Waals surface area contributed by atoms with Gasteiger partial charge in [-0.15, -0.1) is 0 Å². The van der Waals surface area contributed by atoms with E-state index in [0.29, 0.717) is 0 Å². The fourth-order valence-corrected chi connectivity index (χ4v) is 2.30. The Labute approximate surface area is 98.7 Å². The molecule has 0 fully saturated rings. The Balaban J connectivity index is 2.18. The van der Waals surface area contributed by atoms with E-state index in [-0.39, 0.29) is 5.78 Å². The molecular formula is C14H9ClO. The summed E-state index contributed by atoms with van der Waals surface area (Å²) in [6, 6.07) is 11.7. The first kappa shape index (κ1) is 9.61. The molecule has 0 unspecified atom stereocenters. The molecule has 0 N–H and O–H groups in total. The van der Waals surface area contributed by atoms with E-state index < -0.39 is 0 Å². The molecule has 2 aromatic rings. The lowest BCUT2D eigenvalue weighted by atomic mass is 9.79. The molecule has 1 aliphatic rings. The number of carbonyl (C=O) groups is 1. The number of Topliss-reactive ketones (excluding diaryl/α,β-unsaturated/α-hetero) is 1. The van der Waals surface area contributed by atoms with E-state index in [1.807, 2.05) is 36.4 Å². The number of rotatable bonds is 1. The predicted octanol–water partition coefficient (Wildman–Crippen LogP) is 4.19. The molecule has 2 aromatic carbocycles. The molecule has 0 heterocycles. The summed E-state index contributed by atoms with van der Waals surface area (Å²) in [5, 5.41) is 0.734. The summed E-state index contributed by atoms with van der Waals surface area (Å²) in [7, 11) is 0. The molecule has 78 valence electrons. The van der Waals surface area contributed by atoms with Crippen molar-refractivity contribution in [2.24, 2.45) is 0 Å². The van der Waals surface area contributed by atoms with Crippen molar-refractivity contribution in [3.05, 3.63) is 47.0 Å². The van der Waals surface area contributed by atoms with Gasteiger partial charge in [0.2, 0.25) is 0 Å². The second kappa shape index (κ2) is 3.19. The lowest BCUT2D eigenvalue weighted by Gasteiger charge is -2.24. The Morgan fingerprint density at radius 1 is 0.938 bits per heavy atom. The third kappa shape index (κ3) is 1.22. The Kier molecular flexibility index (Phi) is 1.92. The number of carbonyl (C=O) groups excluding carboxylic acids is 1. The number of hydrogen-bond acceptors (Lipinski definition) is 1. The van der Waals surface area contributed by atoms with Gasteiger partial charge in [-0.3, -0.25) is 4.79 Å². The maximum absolute atomic E-state index is 11.3. The van der Waals surface area contributed by atoms with E-state index in [2.05, 4.69) is 0 Å². The van der Waals surface area contributed by atoms with Gasteiger partial charge in [-0.2, -0.15) is 0 Å². The number of ketones is 1. The zero-order valence-corrected chi connectivity index (χ0v) is 9.51. The first-order valence-corrected chi connectivity index (χ1v) is 5.50. The van der Waals surface area contributed by atoms with Gasteiger partial charge in [0.25, 0.3) is 0 Å². The van der Waals surface area contributed by atoms with Gasteiger partial charge in [0.1, 0.15) is 0 Å². The average Bonchev–Trinajstić information content (AvgIpc) is 2.26. The van der Waals surface area contributed by atoms with Crippen molar-refractivity contribution >= 4 is 17.4 Å². The highest BCUT2D eigenvalue weighted by atomic mass is 35.5. The molecule has 0 saturated carbocycles. The summed E-state index contributed by atoms with van der Waals surface area (Å²) in [5.74, 6) is 0.0956. The molecule has 3 rings (SSSR count). The summed E-state index contributed by atoms with van der Waals surface area (Å²) >= 11 is 5.95. The maximum Gasteiger partial charge on any atom is 0.159 e. The van der Waals surface area contributed by atoms with Crippen LogP contribution in [0.5, 0.6) is 0 Å². The van der Waals surface area contributed by atoms with Crippen LogP contribution in [0.2, 0.25) is 5.02 Å². The molecule has 2 heteroatoms. The van der Waals surface area contributed by atoms with E-state index in [1.165, 1.54) is 11.1 Å². The lowest BCUT2D eigenvalue weighted by Crippen LogP contribution is -2.01. The monoisotopic (exact) mass is 228 g/mol. The highest BCUT2D eigenvalue weighted by Crippen LogP contribution is 2.48. The van der Waals surface area contributed by atoms with Gasteiger partial charge in [0, 0.05) is 10.6 Å². The van der Waals surface area contributed by atoms with Crippen LogP contribution in [0.1, 0.15) is 17.3 Å². The predicted molar refractivity (Wildman–Crippen MR) is 65.9 cm³/mol. The first-order valence-electron chi connectivity index (χ1n) is 5.12. The van der Waals surface area contributed by atoms with Gasteiger partial charge < -0.3 is 0 Å². The summed E-state index contributed by atoms with van der Waals surface area (Å²) in [6.45, 7) is 1.58. The van der Waals surface area contributed by atoms with Crippen LogP contribution >= 0.6 is 11.6 Å². The molecule has 0 bridgehead atoms. The fourth-order valence-electron chi connectivity index (χ4n) is 2.13. The minimum Gasteiger partial charge on any atom is -0.295 e. The van der Waals surface area contributed by atoms with E-state index in [0.717, 1.165) is 21.7 Å². The van der Waals surface area contributed by atoms with Gasteiger partial charge in [0.05, 0.1) is 0 Å². The highest BCUT2D eigenvalue weighted by Gasteiger charge is 2.22. The molecule has 1 aliphatic carbocycles. The van der Waals surface area contributed by atoms with Crippen molar-refractivity contribution < 1.29 is 4.79 Å². The van der Waals surface area contributed by atoms with E-state index in [4.69, 9.17) is 11.6 Å². The minimum atomic E-state index is 0.0956. The zero-order chi connectivity index (χ0) is 11.3. The second-order valence-corrected chi connectivity index (χ2v) is 4.44.